The lowest BCUT2D eigenvalue weighted by atomic mass is 10.1. The molecule has 0 atom stereocenters. The van der Waals surface area contributed by atoms with Crippen molar-refractivity contribution in [2.75, 3.05) is 27.4 Å². The molecule has 108 valence electrons. The lowest BCUT2D eigenvalue weighted by molar-refractivity contribution is 0.582. The highest BCUT2D eigenvalue weighted by molar-refractivity contribution is 14.0. The van der Waals surface area contributed by atoms with E-state index < -0.39 is 0 Å². The van der Waals surface area contributed by atoms with E-state index in [1.54, 1.807) is 24.9 Å². The van der Waals surface area contributed by atoms with E-state index >= 15 is 0 Å². The Labute approximate surface area is 136 Å². The summed E-state index contributed by atoms with van der Waals surface area (Å²) in [5, 5.41) is 3.25. The normalized spacial score (nSPS) is 10.9. The molecule has 0 saturated heterocycles. The third kappa shape index (κ3) is 5.99. The van der Waals surface area contributed by atoms with Gasteiger partial charge in [-0.3, -0.25) is 4.99 Å². The second kappa shape index (κ2) is 9.41. The lowest BCUT2D eigenvalue weighted by Gasteiger charge is -2.18. The first-order valence-corrected chi connectivity index (χ1v) is 7.12. The Kier molecular flexibility index (Phi) is 9.16. The van der Waals surface area contributed by atoms with Gasteiger partial charge in [-0.2, -0.15) is 11.8 Å². The smallest absolute Gasteiger partial charge is 0.193 e. The Hall–Kier alpha value is -0.500. The minimum absolute atomic E-state index is 0. The molecule has 1 rings (SSSR count). The second-order valence-electron chi connectivity index (χ2n) is 4.14. The molecular formula is C13H21FIN3S. The van der Waals surface area contributed by atoms with Crippen molar-refractivity contribution in [2.24, 2.45) is 4.99 Å². The average molecular weight is 397 g/mol. The molecule has 1 aromatic rings. The number of benzene rings is 1. The molecule has 3 nitrogen and oxygen atoms in total. The van der Waals surface area contributed by atoms with Gasteiger partial charge in [0.05, 0.1) is 0 Å². The summed E-state index contributed by atoms with van der Waals surface area (Å²) in [5.74, 6) is 1.45. The molecule has 0 aliphatic rings. The second-order valence-corrected chi connectivity index (χ2v) is 5.01. The van der Waals surface area contributed by atoms with Crippen LogP contribution in [0.4, 0.5) is 4.39 Å². The number of nitrogens with one attached hydrogen (secondary N) is 1. The van der Waals surface area contributed by atoms with Crippen LogP contribution in [-0.2, 0) is 12.3 Å². The predicted molar refractivity (Wildman–Crippen MR) is 92.9 cm³/mol. The van der Waals surface area contributed by atoms with E-state index in [2.05, 4.69) is 10.3 Å². The molecule has 19 heavy (non-hydrogen) atoms. The number of hydrogen-bond donors (Lipinski definition) is 1. The number of halogens is 2. The number of rotatable bonds is 4. The zero-order valence-corrected chi connectivity index (χ0v) is 14.9. The molecule has 0 bridgehead atoms. The summed E-state index contributed by atoms with van der Waals surface area (Å²) < 4.78 is 13.2. The van der Waals surface area contributed by atoms with Crippen molar-refractivity contribution in [3.63, 3.8) is 0 Å². The highest BCUT2D eigenvalue weighted by atomic mass is 127. The van der Waals surface area contributed by atoms with Gasteiger partial charge < -0.3 is 10.2 Å². The molecule has 0 aliphatic carbocycles. The summed E-state index contributed by atoms with van der Waals surface area (Å²) in [4.78, 5) is 6.06. The van der Waals surface area contributed by atoms with Crippen LogP contribution in [0.2, 0.25) is 0 Å². The number of hydrogen-bond acceptors (Lipinski definition) is 2. The Morgan fingerprint density at radius 2 is 2.05 bits per heavy atom. The third-order valence-corrected chi connectivity index (χ3v) is 3.14. The standard InChI is InChI=1S/C13H20FN3S.HI/c1-15-13(17(2)3)16-8-10-5-6-12(14)7-11(10)9-18-4;/h5-7H,8-9H2,1-4H3,(H,15,16);1H. The Bertz CT molecular complexity index is 424. The summed E-state index contributed by atoms with van der Waals surface area (Å²) in [6.45, 7) is 0.654. The van der Waals surface area contributed by atoms with Gasteiger partial charge in [-0.25, -0.2) is 4.39 Å². The number of nitrogens with zero attached hydrogens (tertiary/aromatic N) is 2. The minimum Gasteiger partial charge on any atom is -0.352 e. The van der Waals surface area contributed by atoms with E-state index in [1.807, 2.05) is 31.3 Å². The maximum absolute atomic E-state index is 13.2. The monoisotopic (exact) mass is 397 g/mol. The molecule has 6 heteroatoms. The summed E-state index contributed by atoms with van der Waals surface area (Å²) in [5.41, 5.74) is 2.14. The van der Waals surface area contributed by atoms with Gasteiger partial charge >= 0.3 is 0 Å². The summed E-state index contributed by atoms with van der Waals surface area (Å²) in [6, 6.07) is 4.93. The van der Waals surface area contributed by atoms with Crippen LogP contribution in [0.15, 0.2) is 23.2 Å². The fraction of sp³-hybridized carbons (Fsp3) is 0.462. The molecule has 0 heterocycles. The van der Waals surface area contributed by atoms with Crippen molar-refractivity contribution in [3.05, 3.63) is 35.1 Å². The maximum Gasteiger partial charge on any atom is 0.193 e. The summed E-state index contributed by atoms with van der Waals surface area (Å²) >= 11 is 1.69. The molecule has 0 amide bonds. The zero-order valence-electron chi connectivity index (χ0n) is 11.7. The molecule has 1 aromatic carbocycles. The Morgan fingerprint density at radius 1 is 1.37 bits per heavy atom. The topological polar surface area (TPSA) is 27.6 Å². The van der Waals surface area contributed by atoms with Crippen molar-refractivity contribution in [3.8, 4) is 0 Å². The van der Waals surface area contributed by atoms with Crippen LogP contribution in [0.3, 0.4) is 0 Å². The Balaban J connectivity index is 0.00000324. The van der Waals surface area contributed by atoms with E-state index in [0.29, 0.717) is 6.54 Å². The number of guanidine groups is 1. The Morgan fingerprint density at radius 3 is 2.58 bits per heavy atom. The molecule has 1 N–H and O–H groups in total. The molecule has 0 fully saturated rings. The van der Waals surface area contributed by atoms with Gasteiger partial charge in [-0.05, 0) is 29.5 Å². The van der Waals surface area contributed by atoms with Gasteiger partial charge in [-0.15, -0.1) is 24.0 Å². The van der Waals surface area contributed by atoms with Crippen LogP contribution in [0, 0.1) is 5.82 Å². The molecule has 0 saturated carbocycles. The number of thioether (sulfide) groups is 1. The predicted octanol–water partition coefficient (Wildman–Crippen LogP) is 2.94. The molecule has 0 unspecified atom stereocenters. The first-order chi connectivity index (χ1) is 8.58. The van der Waals surface area contributed by atoms with Gasteiger partial charge in [0, 0.05) is 33.4 Å². The van der Waals surface area contributed by atoms with Crippen molar-refractivity contribution in [2.45, 2.75) is 12.3 Å². The van der Waals surface area contributed by atoms with Crippen LogP contribution in [0.5, 0.6) is 0 Å². The van der Waals surface area contributed by atoms with Gasteiger partial charge in [0.1, 0.15) is 5.82 Å². The highest BCUT2D eigenvalue weighted by Gasteiger charge is 2.06. The highest BCUT2D eigenvalue weighted by Crippen LogP contribution is 2.16. The fourth-order valence-electron chi connectivity index (χ4n) is 1.67. The molecule has 0 aliphatic heterocycles. The van der Waals surface area contributed by atoms with E-state index in [-0.39, 0.29) is 29.8 Å². The van der Waals surface area contributed by atoms with E-state index in [1.165, 1.54) is 6.07 Å². The zero-order chi connectivity index (χ0) is 13.5. The number of aliphatic imine (C=N–C) groups is 1. The van der Waals surface area contributed by atoms with Crippen LogP contribution < -0.4 is 5.32 Å². The largest absolute Gasteiger partial charge is 0.352 e. The SMILES string of the molecule is CN=C(NCc1ccc(F)cc1CSC)N(C)C.I. The first-order valence-electron chi connectivity index (χ1n) is 5.72. The fourth-order valence-corrected chi connectivity index (χ4v) is 2.25. The quantitative estimate of drug-likeness (QED) is 0.481. The van der Waals surface area contributed by atoms with Crippen LogP contribution in [0.25, 0.3) is 0 Å². The maximum atomic E-state index is 13.2. The van der Waals surface area contributed by atoms with E-state index in [4.69, 9.17) is 0 Å². The van der Waals surface area contributed by atoms with Crippen LogP contribution in [-0.4, -0.2) is 38.3 Å². The van der Waals surface area contributed by atoms with Crippen LogP contribution in [0.1, 0.15) is 11.1 Å². The molecule has 0 spiro atoms. The lowest BCUT2D eigenvalue weighted by Crippen LogP contribution is -2.35. The van der Waals surface area contributed by atoms with Gasteiger partial charge in [-0.1, -0.05) is 6.07 Å². The first kappa shape index (κ1) is 18.5. The van der Waals surface area contributed by atoms with Crippen molar-refractivity contribution in [1.82, 2.24) is 10.2 Å². The average Bonchev–Trinajstić information content (AvgIpc) is 2.32. The molecular weight excluding hydrogens is 376 g/mol. The van der Waals surface area contributed by atoms with Gasteiger partial charge in [0.15, 0.2) is 5.96 Å². The van der Waals surface area contributed by atoms with E-state index in [0.717, 1.165) is 22.8 Å². The van der Waals surface area contributed by atoms with Crippen LogP contribution >= 0.6 is 35.7 Å². The van der Waals surface area contributed by atoms with Crippen molar-refractivity contribution >= 4 is 41.7 Å². The van der Waals surface area contributed by atoms with E-state index in [9.17, 15) is 4.39 Å². The molecule has 0 aromatic heterocycles. The molecule has 0 radical (unpaired) electrons. The van der Waals surface area contributed by atoms with Gasteiger partial charge in [0.2, 0.25) is 0 Å². The summed E-state index contributed by atoms with van der Waals surface area (Å²) in [6.07, 6.45) is 2.01. The minimum atomic E-state index is -0.181. The van der Waals surface area contributed by atoms with Crippen molar-refractivity contribution in [1.29, 1.82) is 0 Å². The van der Waals surface area contributed by atoms with Gasteiger partial charge in [0.25, 0.3) is 0 Å². The third-order valence-electron chi connectivity index (χ3n) is 2.54. The summed E-state index contributed by atoms with van der Waals surface area (Å²) in [7, 11) is 5.61. The van der Waals surface area contributed by atoms with Crippen molar-refractivity contribution < 1.29 is 4.39 Å².